The molecule has 0 saturated heterocycles. The van der Waals surface area contributed by atoms with Crippen LogP contribution in [-0.2, 0) is 12.8 Å². The van der Waals surface area contributed by atoms with E-state index in [9.17, 15) is 9.18 Å². The molecule has 0 aliphatic carbocycles. The molecular formula is C24H22FNO2. The number of carbonyl (C=O) groups is 1. The maximum absolute atomic E-state index is 13.2. The van der Waals surface area contributed by atoms with Gasteiger partial charge in [0.2, 0.25) is 0 Å². The highest BCUT2D eigenvalue weighted by Gasteiger charge is 2.03. The summed E-state index contributed by atoms with van der Waals surface area (Å²) in [6.07, 6.45) is 6.78. The summed E-state index contributed by atoms with van der Waals surface area (Å²) in [6, 6.07) is 17.3. The number of rotatable bonds is 8. The average molecular weight is 375 g/mol. The van der Waals surface area contributed by atoms with E-state index >= 15 is 0 Å². The minimum Gasteiger partial charge on any atom is -0.493 e. The summed E-state index contributed by atoms with van der Waals surface area (Å²) >= 11 is 0. The van der Waals surface area contributed by atoms with E-state index in [2.05, 4.69) is 18.0 Å². The van der Waals surface area contributed by atoms with Crippen molar-refractivity contribution in [3.05, 3.63) is 101 Å². The number of hydrogen-bond acceptors (Lipinski definition) is 3. The van der Waals surface area contributed by atoms with E-state index in [1.165, 1.54) is 29.8 Å². The van der Waals surface area contributed by atoms with Gasteiger partial charge in [-0.25, -0.2) is 4.39 Å². The Balaban J connectivity index is 1.50. The number of halogens is 1. The van der Waals surface area contributed by atoms with Gasteiger partial charge in [0.25, 0.3) is 0 Å². The first kappa shape index (κ1) is 19.5. The summed E-state index contributed by atoms with van der Waals surface area (Å²) in [7, 11) is 0. The first-order valence-corrected chi connectivity index (χ1v) is 9.28. The number of allylic oxidation sites excluding steroid dienone is 1. The molecule has 0 spiro atoms. The summed E-state index contributed by atoms with van der Waals surface area (Å²) in [5.41, 5.74) is 3.43. The van der Waals surface area contributed by atoms with E-state index in [1.807, 2.05) is 36.5 Å². The lowest BCUT2D eigenvalue weighted by Gasteiger charge is -2.06. The van der Waals surface area contributed by atoms with E-state index in [4.69, 9.17) is 4.74 Å². The number of nitrogens with zero attached hydrogens (tertiary/aromatic N) is 1. The summed E-state index contributed by atoms with van der Waals surface area (Å²) in [6.45, 7) is 2.65. The molecule has 4 heteroatoms. The Hall–Kier alpha value is -3.27. The number of benzene rings is 2. The van der Waals surface area contributed by atoms with Crippen molar-refractivity contribution >= 4 is 11.9 Å². The standard InChI is InChI=1S/C24H22FNO2/c1-2-18-6-10-22(26-17-18)14-15-28-23-11-7-19(8-12-23)9-13-24(27)20-4-3-5-21(25)16-20/h3-13,16-17H,2,14-15H2,1H3/b13-9+. The predicted octanol–water partition coefficient (Wildman–Crippen LogP) is 5.30. The Morgan fingerprint density at radius 1 is 1.11 bits per heavy atom. The van der Waals surface area contributed by atoms with Gasteiger partial charge in [-0.15, -0.1) is 0 Å². The summed E-state index contributed by atoms with van der Waals surface area (Å²) in [4.78, 5) is 16.5. The average Bonchev–Trinajstić information content (AvgIpc) is 2.73. The summed E-state index contributed by atoms with van der Waals surface area (Å²) in [5.74, 6) is 0.109. The zero-order chi connectivity index (χ0) is 19.8. The largest absolute Gasteiger partial charge is 0.493 e. The quantitative estimate of drug-likeness (QED) is 0.396. The van der Waals surface area contributed by atoms with Crippen LogP contribution in [0.1, 0.15) is 34.1 Å². The van der Waals surface area contributed by atoms with Crippen molar-refractivity contribution in [2.24, 2.45) is 0 Å². The van der Waals surface area contributed by atoms with Crippen LogP contribution in [0.4, 0.5) is 4.39 Å². The van der Waals surface area contributed by atoms with Crippen molar-refractivity contribution in [3.63, 3.8) is 0 Å². The predicted molar refractivity (Wildman–Crippen MR) is 109 cm³/mol. The molecule has 0 aliphatic rings. The molecule has 3 rings (SSSR count). The molecule has 3 aromatic rings. The Morgan fingerprint density at radius 3 is 2.61 bits per heavy atom. The molecule has 0 unspecified atom stereocenters. The number of aromatic nitrogens is 1. The summed E-state index contributed by atoms with van der Waals surface area (Å²) in [5, 5.41) is 0. The Bertz CT molecular complexity index is 947. The molecule has 3 nitrogen and oxygen atoms in total. The van der Waals surface area contributed by atoms with E-state index < -0.39 is 5.82 Å². The van der Waals surface area contributed by atoms with Crippen LogP contribution in [0.25, 0.3) is 6.08 Å². The van der Waals surface area contributed by atoms with E-state index in [1.54, 1.807) is 12.1 Å². The molecule has 0 saturated carbocycles. The first-order chi connectivity index (χ1) is 13.6. The third-order valence-corrected chi connectivity index (χ3v) is 4.34. The smallest absolute Gasteiger partial charge is 0.185 e. The van der Waals surface area contributed by atoms with Crippen LogP contribution >= 0.6 is 0 Å². The van der Waals surface area contributed by atoms with Gasteiger partial charge in [0, 0.05) is 23.9 Å². The van der Waals surface area contributed by atoms with Crippen LogP contribution in [0.5, 0.6) is 5.75 Å². The third-order valence-electron chi connectivity index (χ3n) is 4.34. The second-order valence-electron chi connectivity index (χ2n) is 6.39. The molecule has 0 amide bonds. The van der Waals surface area contributed by atoms with Gasteiger partial charge in [0.1, 0.15) is 11.6 Å². The number of carbonyl (C=O) groups excluding carboxylic acids is 1. The van der Waals surface area contributed by atoms with Gasteiger partial charge in [0.15, 0.2) is 5.78 Å². The van der Waals surface area contributed by atoms with Crippen LogP contribution in [0.15, 0.2) is 72.9 Å². The second kappa shape index (κ2) is 9.60. The van der Waals surface area contributed by atoms with Crippen LogP contribution in [0.2, 0.25) is 0 Å². The highest BCUT2D eigenvalue weighted by Crippen LogP contribution is 2.14. The lowest BCUT2D eigenvalue weighted by atomic mass is 10.1. The minimum absolute atomic E-state index is 0.235. The Morgan fingerprint density at radius 2 is 1.93 bits per heavy atom. The number of aryl methyl sites for hydroxylation is 1. The molecule has 1 aromatic heterocycles. The number of pyridine rings is 1. The normalized spacial score (nSPS) is 10.9. The van der Waals surface area contributed by atoms with Crippen molar-refractivity contribution < 1.29 is 13.9 Å². The van der Waals surface area contributed by atoms with Gasteiger partial charge >= 0.3 is 0 Å². The molecule has 28 heavy (non-hydrogen) atoms. The molecule has 0 bridgehead atoms. The maximum atomic E-state index is 13.2. The van der Waals surface area contributed by atoms with Gasteiger partial charge < -0.3 is 4.74 Å². The Labute approximate surface area is 164 Å². The topological polar surface area (TPSA) is 39.2 Å². The second-order valence-corrected chi connectivity index (χ2v) is 6.39. The van der Waals surface area contributed by atoms with E-state index in [-0.39, 0.29) is 5.78 Å². The fourth-order valence-electron chi connectivity index (χ4n) is 2.67. The molecule has 0 radical (unpaired) electrons. The first-order valence-electron chi connectivity index (χ1n) is 9.28. The van der Waals surface area contributed by atoms with E-state index in [0.717, 1.165) is 29.8 Å². The third kappa shape index (κ3) is 5.61. The van der Waals surface area contributed by atoms with Crippen LogP contribution in [0.3, 0.4) is 0 Å². The fourth-order valence-corrected chi connectivity index (χ4v) is 2.67. The monoisotopic (exact) mass is 375 g/mol. The van der Waals surface area contributed by atoms with Crippen molar-refractivity contribution in [3.8, 4) is 5.75 Å². The summed E-state index contributed by atoms with van der Waals surface area (Å²) < 4.78 is 18.9. The highest BCUT2D eigenvalue weighted by atomic mass is 19.1. The minimum atomic E-state index is -0.419. The van der Waals surface area contributed by atoms with Crippen molar-refractivity contribution in [2.45, 2.75) is 19.8 Å². The van der Waals surface area contributed by atoms with Crippen molar-refractivity contribution in [2.75, 3.05) is 6.61 Å². The molecule has 0 fully saturated rings. The van der Waals surface area contributed by atoms with Gasteiger partial charge in [-0.1, -0.05) is 43.3 Å². The van der Waals surface area contributed by atoms with Crippen LogP contribution in [-0.4, -0.2) is 17.4 Å². The molecule has 142 valence electrons. The number of ketones is 1. The number of ether oxygens (including phenoxy) is 1. The maximum Gasteiger partial charge on any atom is 0.185 e. The number of hydrogen-bond donors (Lipinski definition) is 0. The van der Waals surface area contributed by atoms with Crippen molar-refractivity contribution in [1.29, 1.82) is 0 Å². The highest BCUT2D eigenvalue weighted by molar-refractivity contribution is 6.06. The molecule has 0 atom stereocenters. The van der Waals surface area contributed by atoms with Gasteiger partial charge in [0.05, 0.1) is 6.61 Å². The van der Waals surface area contributed by atoms with E-state index in [0.29, 0.717) is 12.2 Å². The molecule has 1 heterocycles. The van der Waals surface area contributed by atoms with Crippen LogP contribution in [0, 0.1) is 5.82 Å². The lowest BCUT2D eigenvalue weighted by molar-refractivity contribution is 0.104. The van der Waals surface area contributed by atoms with Gasteiger partial charge in [-0.3, -0.25) is 9.78 Å². The SMILES string of the molecule is CCc1ccc(CCOc2ccc(/C=C/C(=O)c3cccc(F)c3)cc2)nc1. The molecule has 0 aliphatic heterocycles. The molecule has 0 N–H and O–H groups in total. The van der Waals surface area contributed by atoms with Gasteiger partial charge in [-0.05, 0) is 54.0 Å². The fraction of sp³-hybridized carbons (Fsp3) is 0.167. The van der Waals surface area contributed by atoms with Crippen LogP contribution < -0.4 is 4.74 Å². The molecule has 2 aromatic carbocycles. The zero-order valence-electron chi connectivity index (χ0n) is 15.8. The Kier molecular flexibility index (Phi) is 6.68. The zero-order valence-corrected chi connectivity index (χ0v) is 15.8. The lowest BCUT2D eigenvalue weighted by Crippen LogP contribution is -2.03. The molecular weight excluding hydrogens is 353 g/mol. The van der Waals surface area contributed by atoms with Gasteiger partial charge in [-0.2, -0.15) is 0 Å². The van der Waals surface area contributed by atoms with Crippen molar-refractivity contribution in [1.82, 2.24) is 4.98 Å².